The second-order valence-corrected chi connectivity index (χ2v) is 7.72. The predicted octanol–water partition coefficient (Wildman–Crippen LogP) is 3.60. The molecule has 1 heterocycles. The van der Waals surface area contributed by atoms with E-state index in [2.05, 4.69) is 5.32 Å². The van der Waals surface area contributed by atoms with Crippen molar-refractivity contribution in [2.45, 2.75) is 20.3 Å². The van der Waals surface area contributed by atoms with Gasteiger partial charge in [0.2, 0.25) is 0 Å². The van der Waals surface area contributed by atoms with Gasteiger partial charge in [0.25, 0.3) is 11.8 Å². The number of benzene rings is 2. The third kappa shape index (κ3) is 4.39. The highest BCUT2D eigenvalue weighted by Gasteiger charge is 2.38. The topological polar surface area (TPSA) is 61.9 Å². The number of methoxy groups -OCH3 is 1. The summed E-state index contributed by atoms with van der Waals surface area (Å²) in [5.74, 6) is -0.576. The standard InChI is InChI=1S/C24H29N3O3/c1-16-7-8-18(15-17(16)2)21-22(24(29)27(23(21)28)13-6-14-30-5)25-19-9-11-20(12-10-19)26(3)4/h7-12,15,25H,6,13-14H2,1-5H3. The Morgan fingerprint density at radius 3 is 2.27 bits per heavy atom. The van der Waals surface area contributed by atoms with Gasteiger partial charge in [0.1, 0.15) is 5.70 Å². The van der Waals surface area contributed by atoms with Crippen molar-refractivity contribution in [3.8, 4) is 0 Å². The molecule has 2 aromatic rings. The smallest absolute Gasteiger partial charge is 0.278 e. The Kier molecular flexibility index (Phi) is 6.57. The van der Waals surface area contributed by atoms with Crippen LogP contribution in [0.1, 0.15) is 23.1 Å². The number of nitrogens with one attached hydrogen (secondary N) is 1. The van der Waals surface area contributed by atoms with Gasteiger partial charge in [-0.1, -0.05) is 18.2 Å². The van der Waals surface area contributed by atoms with Crippen LogP contribution < -0.4 is 10.2 Å². The van der Waals surface area contributed by atoms with Crippen molar-refractivity contribution >= 4 is 28.8 Å². The number of carbonyl (C=O) groups is 2. The second kappa shape index (κ2) is 9.13. The zero-order valence-electron chi connectivity index (χ0n) is 18.3. The van der Waals surface area contributed by atoms with Crippen molar-refractivity contribution in [3.63, 3.8) is 0 Å². The first-order valence-corrected chi connectivity index (χ1v) is 10.0. The van der Waals surface area contributed by atoms with E-state index in [1.165, 1.54) is 4.90 Å². The molecule has 6 heteroatoms. The number of nitrogens with zero attached hydrogens (tertiary/aromatic N) is 2. The maximum Gasteiger partial charge on any atom is 0.278 e. The molecule has 0 aliphatic carbocycles. The summed E-state index contributed by atoms with van der Waals surface area (Å²) in [5.41, 5.74) is 5.51. The Hall–Kier alpha value is -3.12. The van der Waals surface area contributed by atoms with Crippen LogP contribution in [0.4, 0.5) is 11.4 Å². The minimum Gasteiger partial charge on any atom is -0.385 e. The summed E-state index contributed by atoms with van der Waals surface area (Å²) in [6.45, 7) is 4.84. The van der Waals surface area contributed by atoms with Gasteiger partial charge in [0, 0.05) is 45.7 Å². The van der Waals surface area contributed by atoms with Crippen molar-refractivity contribution < 1.29 is 14.3 Å². The van der Waals surface area contributed by atoms with E-state index in [4.69, 9.17) is 4.74 Å². The highest BCUT2D eigenvalue weighted by Crippen LogP contribution is 2.32. The highest BCUT2D eigenvalue weighted by atomic mass is 16.5. The molecule has 0 radical (unpaired) electrons. The van der Waals surface area contributed by atoms with Crippen molar-refractivity contribution in [1.82, 2.24) is 4.90 Å². The maximum atomic E-state index is 13.2. The third-order valence-corrected chi connectivity index (χ3v) is 5.35. The molecule has 3 rings (SSSR count). The third-order valence-electron chi connectivity index (χ3n) is 5.35. The largest absolute Gasteiger partial charge is 0.385 e. The lowest BCUT2D eigenvalue weighted by Crippen LogP contribution is -2.33. The molecule has 6 nitrogen and oxygen atoms in total. The first-order valence-electron chi connectivity index (χ1n) is 10.0. The molecule has 1 N–H and O–H groups in total. The summed E-state index contributed by atoms with van der Waals surface area (Å²) in [6, 6.07) is 13.6. The lowest BCUT2D eigenvalue weighted by atomic mass is 9.99. The van der Waals surface area contributed by atoms with Crippen molar-refractivity contribution in [3.05, 3.63) is 64.9 Å². The number of anilines is 2. The zero-order valence-corrected chi connectivity index (χ0v) is 18.3. The van der Waals surface area contributed by atoms with Gasteiger partial charge in [-0.2, -0.15) is 0 Å². The minimum absolute atomic E-state index is 0.272. The molecular weight excluding hydrogens is 378 g/mol. The molecule has 0 atom stereocenters. The Bertz CT molecular complexity index is 978. The number of aryl methyl sites for hydroxylation is 2. The van der Waals surface area contributed by atoms with E-state index in [0.29, 0.717) is 30.8 Å². The van der Waals surface area contributed by atoms with Gasteiger partial charge in [0.15, 0.2) is 0 Å². The molecule has 2 amide bonds. The number of hydrogen-bond acceptors (Lipinski definition) is 5. The van der Waals surface area contributed by atoms with Crippen LogP contribution in [-0.4, -0.2) is 51.1 Å². The van der Waals surface area contributed by atoms with E-state index in [-0.39, 0.29) is 11.8 Å². The van der Waals surface area contributed by atoms with Gasteiger partial charge >= 0.3 is 0 Å². The van der Waals surface area contributed by atoms with Gasteiger partial charge in [-0.05, 0) is 61.2 Å². The molecule has 0 unspecified atom stereocenters. The maximum absolute atomic E-state index is 13.2. The van der Waals surface area contributed by atoms with Crippen LogP contribution in [0, 0.1) is 13.8 Å². The highest BCUT2D eigenvalue weighted by molar-refractivity contribution is 6.36. The molecule has 30 heavy (non-hydrogen) atoms. The van der Waals surface area contributed by atoms with Crippen LogP contribution >= 0.6 is 0 Å². The molecule has 1 aliphatic heterocycles. The van der Waals surface area contributed by atoms with Gasteiger partial charge in [0.05, 0.1) is 5.57 Å². The molecule has 0 spiro atoms. The molecule has 158 valence electrons. The fraction of sp³-hybridized carbons (Fsp3) is 0.333. The second-order valence-electron chi connectivity index (χ2n) is 7.72. The lowest BCUT2D eigenvalue weighted by Gasteiger charge is -2.15. The van der Waals surface area contributed by atoms with E-state index in [9.17, 15) is 9.59 Å². The molecule has 1 aliphatic rings. The van der Waals surface area contributed by atoms with E-state index in [1.54, 1.807) is 7.11 Å². The van der Waals surface area contributed by atoms with E-state index in [1.807, 2.05) is 75.3 Å². The summed E-state index contributed by atoms with van der Waals surface area (Å²) >= 11 is 0. The fourth-order valence-corrected chi connectivity index (χ4v) is 3.41. The van der Waals surface area contributed by atoms with Crippen LogP contribution in [0.25, 0.3) is 5.57 Å². The van der Waals surface area contributed by atoms with Gasteiger partial charge in [-0.3, -0.25) is 14.5 Å². The van der Waals surface area contributed by atoms with Crippen LogP contribution in [-0.2, 0) is 14.3 Å². The first kappa shape index (κ1) is 21.6. The summed E-state index contributed by atoms with van der Waals surface area (Å²) in [7, 11) is 5.55. The average Bonchev–Trinajstić information content (AvgIpc) is 2.95. The zero-order chi connectivity index (χ0) is 21.8. The van der Waals surface area contributed by atoms with Crippen LogP contribution in [0.2, 0.25) is 0 Å². The summed E-state index contributed by atoms with van der Waals surface area (Å²) in [5, 5.41) is 3.21. The Balaban J connectivity index is 1.99. The van der Waals surface area contributed by atoms with Crippen molar-refractivity contribution in [2.75, 3.05) is 44.6 Å². The van der Waals surface area contributed by atoms with Gasteiger partial charge < -0.3 is 15.0 Å². The number of rotatable bonds is 8. The molecule has 0 saturated carbocycles. The number of carbonyl (C=O) groups excluding carboxylic acids is 2. The first-order chi connectivity index (χ1) is 14.3. The summed E-state index contributed by atoms with van der Waals surface area (Å²) in [4.78, 5) is 29.7. The van der Waals surface area contributed by atoms with Crippen molar-refractivity contribution in [2.24, 2.45) is 0 Å². The predicted molar refractivity (Wildman–Crippen MR) is 120 cm³/mol. The van der Waals surface area contributed by atoms with Gasteiger partial charge in [-0.25, -0.2) is 0 Å². The normalized spacial score (nSPS) is 14.0. The molecule has 0 bridgehead atoms. The number of ether oxygens (including phenoxy) is 1. The van der Waals surface area contributed by atoms with Crippen LogP contribution in [0.5, 0.6) is 0 Å². The molecular formula is C24H29N3O3. The lowest BCUT2D eigenvalue weighted by molar-refractivity contribution is -0.136. The van der Waals surface area contributed by atoms with Crippen LogP contribution in [0.3, 0.4) is 0 Å². The quantitative estimate of drug-likeness (QED) is 0.535. The SMILES string of the molecule is COCCCN1C(=O)C(Nc2ccc(N(C)C)cc2)=C(c2ccc(C)c(C)c2)C1=O. The van der Waals surface area contributed by atoms with E-state index in [0.717, 1.165) is 28.1 Å². The van der Waals surface area contributed by atoms with E-state index >= 15 is 0 Å². The molecule has 0 aromatic heterocycles. The number of hydrogen-bond donors (Lipinski definition) is 1. The molecule has 2 aromatic carbocycles. The van der Waals surface area contributed by atoms with Crippen LogP contribution in [0.15, 0.2) is 48.2 Å². The molecule has 0 fully saturated rings. The van der Waals surface area contributed by atoms with E-state index < -0.39 is 0 Å². The minimum atomic E-state index is -0.305. The Morgan fingerprint density at radius 2 is 1.67 bits per heavy atom. The fourth-order valence-electron chi connectivity index (χ4n) is 3.41. The summed E-state index contributed by atoms with van der Waals surface area (Å²) in [6.07, 6.45) is 0.596. The Morgan fingerprint density at radius 1 is 0.967 bits per heavy atom. The average molecular weight is 408 g/mol. The van der Waals surface area contributed by atoms with Gasteiger partial charge in [-0.15, -0.1) is 0 Å². The Labute approximate surface area is 178 Å². The number of amides is 2. The number of imide groups is 1. The summed E-state index contributed by atoms with van der Waals surface area (Å²) < 4.78 is 5.08. The monoisotopic (exact) mass is 407 g/mol. The van der Waals surface area contributed by atoms with Crippen molar-refractivity contribution in [1.29, 1.82) is 0 Å². The molecule has 0 saturated heterocycles.